The molecule has 0 aliphatic rings. The minimum absolute atomic E-state index is 0.0219. The van der Waals surface area contributed by atoms with Gasteiger partial charge in [-0.3, -0.25) is 0 Å². The van der Waals surface area contributed by atoms with Crippen LogP contribution in [-0.4, -0.2) is 40.1 Å². The normalized spacial score (nSPS) is 13.8. The predicted molar refractivity (Wildman–Crippen MR) is 90.5 cm³/mol. The Morgan fingerprint density at radius 2 is 1.62 bits per heavy atom. The van der Waals surface area contributed by atoms with Crippen molar-refractivity contribution in [1.29, 1.82) is 0 Å². The van der Waals surface area contributed by atoms with Gasteiger partial charge in [0.1, 0.15) is 5.75 Å². The Morgan fingerprint density at radius 1 is 1.04 bits per heavy atom. The summed E-state index contributed by atoms with van der Waals surface area (Å²) in [6.45, 7) is 6.31. The summed E-state index contributed by atoms with van der Waals surface area (Å²) in [6.07, 6.45) is -1.18. The molecule has 0 radical (unpaired) electrons. The second kappa shape index (κ2) is 8.42. The predicted octanol–water partition coefficient (Wildman–Crippen LogP) is 3.21. The Morgan fingerprint density at radius 3 is 2.08 bits per heavy atom. The molecule has 0 aliphatic heterocycles. The van der Waals surface area contributed by atoms with Gasteiger partial charge in [-0.15, -0.1) is 0 Å². The zero-order valence-electron chi connectivity index (χ0n) is 14.2. The van der Waals surface area contributed by atoms with Crippen LogP contribution < -0.4 is 10.6 Å². The maximum Gasteiger partial charge on any atom is 0.404 e. The third-order valence-electron chi connectivity index (χ3n) is 3.97. The lowest BCUT2D eigenvalue weighted by molar-refractivity contribution is 0.181. The first-order chi connectivity index (χ1) is 11.1. The summed E-state index contributed by atoms with van der Waals surface area (Å²) in [7, 11) is 0. The first-order valence-corrected chi connectivity index (χ1v) is 7.84. The van der Waals surface area contributed by atoms with Crippen LogP contribution >= 0.6 is 0 Å². The van der Waals surface area contributed by atoms with Crippen LogP contribution in [0.4, 0.5) is 9.59 Å². The summed E-state index contributed by atoms with van der Waals surface area (Å²) in [5.41, 5.74) is 0.992. The molecular weight excluding hydrogens is 312 g/mol. The Kier molecular flexibility index (Phi) is 6.88. The van der Waals surface area contributed by atoms with Crippen molar-refractivity contribution in [3.8, 4) is 5.75 Å². The van der Waals surface area contributed by atoms with Gasteiger partial charge in [0.25, 0.3) is 0 Å². The number of hydrogen-bond acceptors (Lipinski definition) is 3. The van der Waals surface area contributed by atoms with Gasteiger partial charge in [-0.2, -0.15) is 0 Å². The van der Waals surface area contributed by atoms with E-state index >= 15 is 0 Å². The van der Waals surface area contributed by atoms with Crippen LogP contribution in [0.5, 0.6) is 5.75 Å². The Labute approximate surface area is 141 Å². The summed E-state index contributed by atoms with van der Waals surface area (Å²) in [5, 5.41) is 31.6. The average molecular weight is 338 g/mol. The monoisotopic (exact) mass is 338 g/mol. The van der Waals surface area contributed by atoms with Crippen molar-refractivity contribution in [3.05, 3.63) is 29.8 Å². The minimum Gasteiger partial charge on any atom is -0.508 e. The van der Waals surface area contributed by atoms with E-state index in [0.29, 0.717) is 12.8 Å². The highest BCUT2D eigenvalue weighted by Gasteiger charge is 2.27. The second-order valence-corrected chi connectivity index (χ2v) is 6.92. The number of phenols is 1. The first-order valence-electron chi connectivity index (χ1n) is 7.84. The molecule has 0 aromatic heterocycles. The van der Waals surface area contributed by atoms with E-state index in [1.165, 1.54) is 0 Å². The first kappa shape index (κ1) is 19.6. The summed E-state index contributed by atoms with van der Waals surface area (Å²) in [6, 6.07) is 6.49. The van der Waals surface area contributed by atoms with Crippen molar-refractivity contribution in [3.63, 3.8) is 0 Å². The average Bonchev–Trinajstić information content (AvgIpc) is 2.44. The van der Waals surface area contributed by atoms with E-state index in [1.54, 1.807) is 12.1 Å². The number of carboxylic acid groups (broad SMARTS) is 2. The number of amides is 2. The van der Waals surface area contributed by atoms with Gasteiger partial charge < -0.3 is 26.0 Å². The molecule has 0 heterocycles. The smallest absolute Gasteiger partial charge is 0.404 e. The molecule has 0 aliphatic carbocycles. The summed E-state index contributed by atoms with van der Waals surface area (Å²) in [4.78, 5) is 21.5. The second-order valence-electron chi connectivity index (χ2n) is 6.92. The van der Waals surface area contributed by atoms with E-state index in [0.717, 1.165) is 5.56 Å². The molecule has 0 spiro atoms. The van der Waals surface area contributed by atoms with E-state index in [4.69, 9.17) is 10.2 Å². The molecule has 0 bridgehead atoms. The summed E-state index contributed by atoms with van der Waals surface area (Å²) >= 11 is 0. The fourth-order valence-corrected chi connectivity index (χ4v) is 2.78. The molecule has 0 fully saturated rings. The highest BCUT2D eigenvalue weighted by molar-refractivity contribution is 5.66. The van der Waals surface area contributed by atoms with E-state index in [-0.39, 0.29) is 23.6 Å². The van der Waals surface area contributed by atoms with Gasteiger partial charge in [0.2, 0.25) is 0 Å². The van der Waals surface area contributed by atoms with Crippen molar-refractivity contribution in [1.82, 2.24) is 10.6 Å². The van der Waals surface area contributed by atoms with E-state index in [1.807, 2.05) is 12.1 Å². The summed E-state index contributed by atoms with van der Waals surface area (Å²) < 4.78 is 0. The molecule has 0 saturated heterocycles. The Hall–Kier alpha value is -2.44. The molecule has 2 amide bonds. The number of hydrogen-bond donors (Lipinski definition) is 5. The van der Waals surface area contributed by atoms with Gasteiger partial charge >= 0.3 is 12.2 Å². The van der Waals surface area contributed by atoms with Crippen molar-refractivity contribution in [2.24, 2.45) is 5.41 Å². The Balaban J connectivity index is 2.82. The van der Waals surface area contributed by atoms with Gasteiger partial charge in [0.15, 0.2) is 0 Å². The van der Waals surface area contributed by atoms with E-state index in [2.05, 4.69) is 31.4 Å². The highest BCUT2D eigenvalue weighted by Crippen LogP contribution is 2.39. The quantitative estimate of drug-likeness (QED) is 0.523. The van der Waals surface area contributed by atoms with Gasteiger partial charge in [0, 0.05) is 12.6 Å². The molecular formula is C17H26N2O5. The molecule has 1 aromatic carbocycles. The molecule has 24 heavy (non-hydrogen) atoms. The lowest BCUT2D eigenvalue weighted by Crippen LogP contribution is -2.43. The molecule has 1 aromatic rings. The van der Waals surface area contributed by atoms with Gasteiger partial charge in [-0.25, -0.2) is 9.59 Å². The molecule has 1 rings (SSSR count). The van der Waals surface area contributed by atoms with Crippen LogP contribution in [0.3, 0.4) is 0 Å². The number of phenolic OH excluding ortho intramolecular Hbond substituents is 1. The van der Waals surface area contributed by atoms with Crippen LogP contribution in [0.15, 0.2) is 24.3 Å². The molecule has 2 unspecified atom stereocenters. The van der Waals surface area contributed by atoms with Crippen molar-refractivity contribution in [2.75, 3.05) is 6.54 Å². The number of benzene rings is 1. The highest BCUT2D eigenvalue weighted by atomic mass is 16.4. The standard InChI is InChI=1S/C17H26N2O5/c1-17(2,3)14(11-4-7-13(20)8-5-11)9-6-12(19-16(23)24)10-18-15(21)22/h4-5,7-8,12,14,18-20H,6,9-10H2,1-3H3,(H,21,22)(H,23,24). The van der Waals surface area contributed by atoms with Crippen LogP contribution in [0.1, 0.15) is 45.1 Å². The number of nitrogens with one attached hydrogen (secondary N) is 2. The van der Waals surface area contributed by atoms with Crippen molar-refractivity contribution in [2.45, 2.75) is 45.6 Å². The molecule has 2 atom stereocenters. The number of aromatic hydroxyl groups is 1. The van der Waals surface area contributed by atoms with E-state index < -0.39 is 18.2 Å². The van der Waals surface area contributed by atoms with Gasteiger partial charge in [-0.1, -0.05) is 32.9 Å². The maximum atomic E-state index is 10.9. The molecule has 134 valence electrons. The number of rotatable bonds is 7. The fraction of sp³-hybridized carbons (Fsp3) is 0.529. The van der Waals surface area contributed by atoms with Crippen LogP contribution in [-0.2, 0) is 0 Å². The largest absolute Gasteiger partial charge is 0.508 e. The fourth-order valence-electron chi connectivity index (χ4n) is 2.78. The SMILES string of the molecule is CC(C)(C)C(CCC(CNC(=O)O)NC(=O)O)c1ccc(O)cc1. The van der Waals surface area contributed by atoms with Crippen molar-refractivity contribution >= 4 is 12.2 Å². The molecule has 7 nitrogen and oxygen atoms in total. The molecule has 5 N–H and O–H groups in total. The number of carbonyl (C=O) groups is 2. The van der Waals surface area contributed by atoms with Gasteiger partial charge in [0.05, 0.1) is 0 Å². The zero-order chi connectivity index (χ0) is 18.3. The maximum absolute atomic E-state index is 10.9. The minimum atomic E-state index is -1.18. The van der Waals surface area contributed by atoms with Crippen LogP contribution in [0, 0.1) is 5.41 Å². The molecule has 0 saturated carbocycles. The van der Waals surface area contributed by atoms with Crippen LogP contribution in [0.2, 0.25) is 0 Å². The van der Waals surface area contributed by atoms with Crippen molar-refractivity contribution < 1.29 is 24.9 Å². The van der Waals surface area contributed by atoms with Gasteiger partial charge in [-0.05, 0) is 41.9 Å². The third-order valence-corrected chi connectivity index (χ3v) is 3.97. The topological polar surface area (TPSA) is 119 Å². The lowest BCUT2D eigenvalue weighted by Gasteiger charge is -2.32. The van der Waals surface area contributed by atoms with E-state index in [9.17, 15) is 14.7 Å². The third kappa shape index (κ3) is 6.76. The van der Waals surface area contributed by atoms with Crippen LogP contribution in [0.25, 0.3) is 0 Å². The Bertz CT molecular complexity index is 551. The molecule has 7 heteroatoms. The summed E-state index contributed by atoms with van der Waals surface area (Å²) in [5.74, 6) is 0.337. The zero-order valence-corrected chi connectivity index (χ0v) is 14.2. The lowest BCUT2D eigenvalue weighted by atomic mass is 9.73.